The highest BCUT2D eigenvalue weighted by atomic mass is 35.5. The normalized spacial score (nSPS) is 19.7. The van der Waals surface area contributed by atoms with E-state index < -0.39 is 26.2 Å². The number of hydrogen-bond acceptors (Lipinski definition) is 7. The van der Waals surface area contributed by atoms with Gasteiger partial charge in [0, 0.05) is 34.1 Å². The van der Waals surface area contributed by atoms with E-state index in [0.29, 0.717) is 9.90 Å². The van der Waals surface area contributed by atoms with Gasteiger partial charge in [-0.25, -0.2) is 8.42 Å². The molecule has 1 fully saturated rings. The second-order valence-corrected chi connectivity index (χ2v) is 13.9. The summed E-state index contributed by atoms with van der Waals surface area (Å²) in [5.74, 6) is -1.21. The number of thiophene rings is 1. The molecular formula is C27H29ClN2O5S2. The minimum absolute atomic E-state index is 0.0171. The van der Waals surface area contributed by atoms with Crippen LogP contribution in [0.3, 0.4) is 0 Å². The molecule has 1 amide bonds. The molecule has 1 atom stereocenters. The molecular weight excluding hydrogens is 532 g/mol. The van der Waals surface area contributed by atoms with Crippen LogP contribution in [0.4, 0.5) is 0 Å². The molecule has 2 aromatic heterocycles. The Hall–Kier alpha value is -2.75. The predicted octanol–water partition coefficient (Wildman–Crippen LogP) is 5.35. The maximum Gasteiger partial charge on any atom is 0.308 e. The van der Waals surface area contributed by atoms with Crippen LogP contribution in [-0.4, -0.2) is 54.6 Å². The number of carbonyl (C=O) groups is 2. The molecule has 0 unspecified atom stereocenters. The summed E-state index contributed by atoms with van der Waals surface area (Å²) < 4.78 is 31.9. The van der Waals surface area contributed by atoms with Gasteiger partial charge in [-0.15, -0.1) is 11.3 Å². The number of sulfone groups is 1. The molecule has 3 heterocycles. The van der Waals surface area contributed by atoms with E-state index in [4.69, 9.17) is 16.3 Å². The molecule has 0 spiro atoms. The predicted molar refractivity (Wildman–Crippen MR) is 145 cm³/mol. The average molecular weight is 561 g/mol. The number of hydrogen-bond donors (Lipinski definition) is 0. The first-order valence-corrected chi connectivity index (χ1v) is 14.8. The van der Waals surface area contributed by atoms with Gasteiger partial charge < -0.3 is 9.64 Å². The van der Waals surface area contributed by atoms with Gasteiger partial charge in [0.05, 0.1) is 12.2 Å². The van der Waals surface area contributed by atoms with Crippen LogP contribution in [0.25, 0.3) is 10.4 Å². The Labute approximate surface area is 226 Å². The van der Waals surface area contributed by atoms with Gasteiger partial charge >= 0.3 is 5.97 Å². The van der Waals surface area contributed by atoms with Crippen molar-refractivity contribution < 1.29 is 22.7 Å². The Morgan fingerprint density at radius 1 is 1.08 bits per heavy atom. The highest BCUT2D eigenvalue weighted by molar-refractivity contribution is 7.92. The fourth-order valence-corrected chi connectivity index (χ4v) is 8.11. The molecule has 3 aromatic rings. The third-order valence-electron chi connectivity index (χ3n) is 6.22. The Kier molecular flexibility index (Phi) is 7.78. The summed E-state index contributed by atoms with van der Waals surface area (Å²) in [6.45, 7) is 5.41. The standard InChI is InChI=1S/C27H29ClN2O5S2/c1-26(2,3)35-24(31)18-27(23-12-11-22(36-23)19-7-9-20(28)10-8-19)13-15-30(16-17-37(27,33)34)25(32)21-6-4-5-14-29-21/h4-12,14H,13,15-18H2,1-3H3/t27-/m0/s1. The summed E-state index contributed by atoms with van der Waals surface area (Å²) in [5, 5.41) is 0.603. The van der Waals surface area contributed by atoms with Crippen LogP contribution < -0.4 is 0 Å². The van der Waals surface area contributed by atoms with Crippen molar-refractivity contribution in [3.05, 3.63) is 76.4 Å². The molecule has 1 saturated heterocycles. The molecule has 0 N–H and O–H groups in total. The third kappa shape index (κ3) is 6.05. The van der Waals surface area contributed by atoms with E-state index >= 15 is 0 Å². The van der Waals surface area contributed by atoms with Crippen molar-refractivity contribution in [1.82, 2.24) is 9.88 Å². The van der Waals surface area contributed by atoms with Crippen LogP contribution in [-0.2, 0) is 24.1 Å². The van der Waals surface area contributed by atoms with Crippen LogP contribution in [0.15, 0.2) is 60.8 Å². The van der Waals surface area contributed by atoms with Gasteiger partial charge in [0.1, 0.15) is 16.0 Å². The first-order valence-electron chi connectivity index (χ1n) is 11.9. The van der Waals surface area contributed by atoms with Crippen molar-refractivity contribution >= 4 is 44.7 Å². The molecule has 1 aliphatic rings. The van der Waals surface area contributed by atoms with E-state index in [9.17, 15) is 18.0 Å². The first-order chi connectivity index (χ1) is 17.4. The number of benzene rings is 1. The quantitative estimate of drug-likeness (QED) is 0.390. The van der Waals surface area contributed by atoms with Crippen molar-refractivity contribution in [1.29, 1.82) is 0 Å². The Balaban J connectivity index is 1.73. The highest BCUT2D eigenvalue weighted by Gasteiger charge is 2.50. The van der Waals surface area contributed by atoms with Crippen LogP contribution in [0.2, 0.25) is 5.02 Å². The zero-order valence-electron chi connectivity index (χ0n) is 20.9. The number of esters is 1. The molecule has 0 aliphatic carbocycles. The zero-order valence-corrected chi connectivity index (χ0v) is 23.3. The number of halogens is 1. The summed E-state index contributed by atoms with van der Waals surface area (Å²) in [6, 6.07) is 15.9. The molecule has 4 rings (SSSR count). The molecule has 0 radical (unpaired) electrons. The topological polar surface area (TPSA) is 93.6 Å². The van der Waals surface area contributed by atoms with Crippen molar-refractivity contribution in [3.8, 4) is 10.4 Å². The van der Waals surface area contributed by atoms with Crippen molar-refractivity contribution in [2.75, 3.05) is 18.8 Å². The number of nitrogens with zero attached hydrogens (tertiary/aromatic N) is 2. The molecule has 0 saturated carbocycles. The molecule has 1 aliphatic heterocycles. The summed E-state index contributed by atoms with van der Waals surface area (Å²) in [5.41, 5.74) is 0.379. The summed E-state index contributed by atoms with van der Waals surface area (Å²) in [6.07, 6.45) is 1.26. The van der Waals surface area contributed by atoms with Gasteiger partial charge in [-0.1, -0.05) is 29.8 Å². The third-order valence-corrected chi connectivity index (χ3v) is 10.4. The van der Waals surface area contributed by atoms with E-state index in [1.807, 2.05) is 18.2 Å². The summed E-state index contributed by atoms with van der Waals surface area (Å²) in [4.78, 5) is 33.2. The molecule has 0 bridgehead atoms. The van der Waals surface area contributed by atoms with Crippen LogP contribution in [0.1, 0.15) is 49.0 Å². The van der Waals surface area contributed by atoms with Gasteiger partial charge in [-0.3, -0.25) is 14.6 Å². The SMILES string of the molecule is CC(C)(C)OC(=O)C[C@]1(c2ccc(-c3ccc(Cl)cc3)s2)CCN(C(=O)c2ccccn2)CCS1(=O)=O. The molecule has 196 valence electrons. The van der Waals surface area contributed by atoms with E-state index in [1.165, 1.54) is 22.4 Å². The number of pyridine rings is 1. The van der Waals surface area contributed by atoms with Crippen molar-refractivity contribution in [3.63, 3.8) is 0 Å². The molecule has 10 heteroatoms. The Morgan fingerprint density at radius 2 is 1.81 bits per heavy atom. The average Bonchev–Trinajstić information content (AvgIpc) is 3.28. The zero-order chi connectivity index (χ0) is 26.8. The van der Waals surface area contributed by atoms with Crippen LogP contribution >= 0.6 is 22.9 Å². The Morgan fingerprint density at radius 3 is 2.46 bits per heavy atom. The van der Waals surface area contributed by atoms with Gasteiger partial charge in [-0.2, -0.15) is 0 Å². The smallest absolute Gasteiger partial charge is 0.308 e. The summed E-state index contributed by atoms with van der Waals surface area (Å²) >= 11 is 7.36. The minimum atomic E-state index is -3.88. The second-order valence-electron chi connectivity index (χ2n) is 10.0. The number of carbonyl (C=O) groups excluding carboxylic acids is 2. The lowest BCUT2D eigenvalue weighted by Crippen LogP contribution is -2.40. The molecule has 37 heavy (non-hydrogen) atoms. The van der Waals surface area contributed by atoms with Gasteiger partial charge in [-0.05, 0) is 69.2 Å². The highest BCUT2D eigenvalue weighted by Crippen LogP contribution is 2.45. The van der Waals surface area contributed by atoms with Gasteiger partial charge in [0.25, 0.3) is 5.91 Å². The van der Waals surface area contributed by atoms with Crippen LogP contribution in [0, 0.1) is 0 Å². The second kappa shape index (κ2) is 10.6. The van der Waals surface area contributed by atoms with Gasteiger partial charge in [0.15, 0.2) is 9.84 Å². The van der Waals surface area contributed by atoms with Crippen molar-refractivity contribution in [2.24, 2.45) is 0 Å². The minimum Gasteiger partial charge on any atom is -0.460 e. The number of amides is 1. The monoisotopic (exact) mass is 560 g/mol. The van der Waals surface area contributed by atoms with Gasteiger partial charge in [0.2, 0.25) is 0 Å². The largest absolute Gasteiger partial charge is 0.460 e. The van der Waals surface area contributed by atoms with Crippen LogP contribution in [0.5, 0.6) is 0 Å². The number of ether oxygens (including phenoxy) is 1. The van der Waals surface area contributed by atoms with E-state index in [2.05, 4.69) is 4.98 Å². The lowest BCUT2D eigenvalue weighted by molar-refractivity contribution is -0.155. The maximum absolute atomic E-state index is 13.9. The van der Waals surface area contributed by atoms with E-state index in [0.717, 1.165) is 10.4 Å². The summed E-state index contributed by atoms with van der Waals surface area (Å²) in [7, 11) is -3.88. The van der Waals surface area contributed by atoms with Crippen molar-refractivity contribution in [2.45, 2.75) is 44.0 Å². The Bertz CT molecular complexity index is 1380. The number of rotatable bonds is 5. The molecule has 7 nitrogen and oxygen atoms in total. The number of aromatic nitrogens is 1. The maximum atomic E-state index is 13.9. The first kappa shape index (κ1) is 27.3. The lowest BCUT2D eigenvalue weighted by atomic mass is 9.97. The fraction of sp³-hybridized carbons (Fsp3) is 0.370. The molecule has 1 aromatic carbocycles. The lowest BCUT2D eigenvalue weighted by Gasteiger charge is -2.31. The van der Waals surface area contributed by atoms with E-state index in [1.54, 1.807) is 57.2 Å². The fourth-order valence-electron chi connectivity index (χ4n) is 4.39. The van der Waals surface area contributed by atoms with E-state index in [-0.39, 0.29) is 43.3 Å².